The Balaban J connectivity index is 2.35. The summed E-state index contributed by atoms with van der Waals surface area (Å²) in [7, 11) is 2.16. The van der Waals surface area contributed by atoms with Crippen molar-refractivity contribution in [3.63, 3.8) is 0 Å². The molecule has 0 amide bonds. The van der Waals surface area contributed by atoms with E-state index in [9.17, 15) is 0 Å². The maximum absolute atomic E-state index is 5.56. The summed E-state index contributed by atoms with van der Waals surface area (Å²) in [5, 5.41) is 0. The Hall–Kier alpha value is -1.02. The fourth-order valence-electron chi connectivity index (χ4n) is 2.28. The smallest absolute Gasteiger partial charge is 0.0399 e. The second kappa shape index (κ2) is 3.62. The van der Waals surface area contributed by atoms with E-state index in [0.29, 0.717) is 5.92 Å². The standard InChI is InChI=1S/C12H18N2/c1-9-8-14(2)12-4-3-10(5-6-13)7-11(9)12/h3-4,7,9H,5-6,8,13H2,1-2H3. The lowest BCUT2D eigenvalue weighted by molar-refractivity contribution is 0.795. The topological polar surface area (TPSA) is 29.3 Å². The maximum atomic E-state index is 5.56. The number of fused-ring (bicyclic) bond motifs is 1. The van der Waals surface area contributed by atoms with Crippen molar-refractivity contribution in [1.82, 2.24) is 0 Å². The molecule has 1 aliphatic rings. The van der Waals surface area contributed by atoms with Gasteiger partial charge in [-0.3, -0.25) is 0 Å². The van der Waals surface area contributed by atoms with Gasteiger partial charge in [0.05, 0.1) is 0 Å². The monoisotopic (exact) mass is 190 g/mol. The molecule has 0 saturated carbocycles. The highest BCUT2D eigenvalue weighted by Crippen LogP contribution is 2.35. The lowest BCUT2D eigenvalue weighted by Gasteiger charge is -2.11. The molecule has 1 aromatic carbocycles. The first kappa shape index (κ1) is 9.53. The van der Waals surface area contributed by atoms with Crippen LogP contribution in [0.15, 0.2) is 18.2 Å². The molecule has 0 bridgehead atoms. The number of likely N-dealkylation sites (N-methyl/N-ethyl adjacent to an activating group) is 1. The number of nitrogens with two attached hydrogens (primary N) is 1. The average Bonchev–Trinajstić information content (AvgIpc) is 2.43. The minimum Gasteiger partial charge on any atom is -0.374 e. The highest BCUT2D eigenvalue weighted by Gasteiger charge is 2.22. The minimum absolute atomic E-state index is 0.660. The highest BCUT2D eigenvalue weighted by atomic mass is 15.1. The largest absolute Gasteiger partial charge is 0.374 e. The molecular formula is C12H18N2. The molecule has 0 saturated heterocycles. The molecule has 2 nitrogen and oxygen atoms in total. The van der Waals surface area contributed by atoms with Crippen LogP contribution in [0.5, 0.6) is 0 Å². The van der Waals surface area contributed by atoms with Crippen LogP contribution >= 0.6 is 0 Å². The van der Waals surface area contributed by atoms with Crippen molar-refractivity contribution in [2.45, 2.75) is 19.3 Å². The Morgan fingerprint density at radius 2 is 2.29 bits per heavy atom. The van der Waals surface area contributed by atoms with Gasteiger partial charge in [-0.05, 0) is 30.2 Å². The first-order valence-corrected chi connectivity index (χ1v) is 5.26. The van der Waals surface area contributed by atoms with Gasteiger partial charge in [0.15, 0.2) is 0 Å². The predicted molar refractivity (Wildman–Crippen MR) is 60.9 cm³/mol. The van der Waals surface area contributed by atoms with Crippen LogP contribution in [0.1, 0.15) is 24.0 Å². The highest BCUT2D eigenvalue weighted by molar-refractivity contribution is 5.60. The van der Waals surface area contributed by atoms with Gasteiger partial charge in [-0.1, -0.05) is 19.1 Å². The van der Waals surface area contributed by atoms with Crippen molar-refractivity contribution in [2.75, 3.05) is 25.0 Å². The molecule has 2 N–H and O–H groups in total. The molecule has 1 aliphatic heterocycles. The SMILES string of the molecule is CC1CN(C)c2ccc(CCN)cc21. The molecule has 0 spiro atoms. The lowest BCUT2D eigenvalue weighted by atomic mass is 10.00. The van der Waals surface area contributed by atoms with Crippen molar-refractivity contribution >= 4 is 5.69 Å². The molecule has 1 atom stereocenters. The molecule has 1 aromatic rings. The Bertz CT molecular complexity index is 333. The molecule has 2 heteroatoms. The van der Waals surface area contributed by atoms with E-state index in [4.69, 9.17) is 5.73 Å². The number of rotatable bonds is 2. The van der Waals surface area contributed by atoms with Gasteiger partial charge in [-0.15, -0.1) is 0 Å². The molecular weight excluding hydrogens is 172 g/mol. The second-order valence-corrected chi connectivity index (χ2v) is 4.21. The average molecular weight is 190 g/mol. The van der Waals surface area contributed by atoms with E-state index >= 15 is 0 Å². The molecule has 0 fully saturated rings. The number of hydrogen-bond donors (Lipinski definition) is 1. The first-order valence-electron chi connectivity index (χ1n) is 5.26. The van der Waals surface area contributed by atoms with E-state index in [1.807, 2.05) is 0 Å². The second-order valence-electron chi connectivity index (χ2n) is 4.21. The summed E-state index contributed by atoms with van der Waals surface area (Å²) in [5.41, 5.74) is 9.80. The van der Waals surface area contributed by atoms with E-state index in [2.05, 4.69) is 37.1 Å². The molecule has 14 heavy (non-hydrogen) atoms. The first-order chi connectivity index (χ1) is 6.72. The molecule has 1 heterocycles. The van der Waals surface area contributed by atoms with Crippen molar-refractivity contribution in [1.29, 1.82) is 0 Å². The van der Waals surface area contributed by atoms with E-state index < -0.39 is 0 Å². The number of hydrogen-bond acceptors (Lipinski definition) is 2. The van der Waals surface area contributed by atoms with E-state index in [-0.39, 0.29) is 0 Å². The molecule has 2 rings (SSSR count). The van der Waals surface area contributed by atoms with Crippen LogP contribution < -0.4 is 10.6 Å². The van der Waals surface area contributed by atoms with Gasteiger partial charge in [0.25, 0.3) is 0 Å². The van der Waals surface area contributed by atoms with Gasteiger partial charge < -0.3 is 10.6 Å². The van der Waals surface area contributed by atoms with Gasteiger partial charge >= 0.3 is 0 Å². The van der Waals surface area contributed by atoms with E-state index in [0.717, 1.165) is 19.5 Å². The Kier molecular flexibility index (Phi) is 2.46. The minimum atomic E-state index is 0.660. The number of nitrogens with zero attached hydrogens (tertiary/aromatic N) is 1. The van der Waals surface area contributed by atoms with Gasteiger partial charge in [-0.2, -0.15) is 0 Å². The zero-order valence-corrected chi connectivity index (χ0v) is 8.96. The van der Waals surface area contributed by atoms with Gasteiger partial charge in [0.2, 0.25) is 0 Å². The molecule has 0 aliphatic carbocycles. The molecule has 1 unspecified atom stereocenters. The lowest BCUT2D eigenvalue weighted by Crippen LogP contribution is -2.13. The summed E-state index contributed by atoms with van der Waals surface area (Å²) in [6, 6.07) is 6.74. The third-order valence-electron chi connectivity index (χ3n) is 3.01. The predicted octanol–water partition coefficient (Wildman–Crippen LogP) is 1.74. The van der Waals surface area contributed by atoms with Crippen LogP contribution in [0.4, 0.5) is 5.69 Å². The fourth-order valence-corrected chi connectivity index (χ4v) is 2.28. The fraction of sp³-hybridized carbons (Fsp3) is 0.500. The summed E-state index contributed by atoms with van der Waals surface area (Å²) in [4.78, 5) is 2.33. The summed E-state index contributed by atoms with van der Waals surface area (Å²) < 4.78 is 0. The maximum Gasteiger partial charge on any atom is 0.0399 e. The van der Waals surface area contributed by atoms with E-state index in [1.54, 1.807) is 0 Å². The number of anilines is 1. The normalized spacial score (nSPS) is 19.9. The van der Waals surface area contributed by atoms with Crippen LogP contribution in [0.25, 0.3) is 0 Å². The van der Waals surface area contributed by atoms with Crippen LogP contribution in [0, 0.1) is 0 Å². The van der Waals surface area contributed by atoms with Crippen molar-refractivity contribution in [3.8, 4) is 0 Å². The molecule has 0 radical (unpaired) electrons. The third kappa shape index (κ3) is 1.50. The van der Waals surface area contributed by atoms with Crippen molar-refractivity contribution in [3.05, 3.63) is 29.3 Å². The Morgan fingerprint density at radius 3 is 3.00 bits per heavy atom. The summed E-state index contributed by atoms with van der Waals surface area (Å²) in [6.07, 6.45) is 0.990. The van der Waals surface area contributed by atoms with Crippen molar-refractivity contribution in [2.24, 2.45) is 5.73 Å². The van der Waals surface area contributed by atoms with Crippen LogP contribution in [0.3, 0.4) is 0 Å². The van der Waals surface area contributed by atoms with Gasteiger partial charge in [-0.25, -0.2) is 0 Å². The van der Waals surface area contributed by atoms with Crippen LogP contribution in [0.2, 0.25) is 0 Å². The Labute approximate surface area is 85.7 Å². The van der Waals surface area contributed by atoms with Crippen LogP contribution in [-0.4, -0.2) is 20.1 Å². The van der Waals surface area contributed by atoms with Crippen LogP contribution in [-0.2, 0) is 6.42 Å². The van der Waals surface area contributed by atoms with Gasteiger partial charge in [0.1, 0.15) is 0 Å². The quantitative estimate of drug-likeness (QED) is 0.769. The third-order valence-corrected chi connectivity index (χ3v) is 3.01. The summed E-state index contributed by atoms with van der Waals surface area (Å²) >= 11 is 0. The zero-order chi connectivity index (χ0) is 10.1. The zero-order valence-electron chi connectivity index (χ0n) is 8.96. The van der Waals surface area contributed by atoms with Crippen molar-refractivity contribution < 1.29 is 0 Å². The Morgan fingerprint density at radius 1 is 1.50 bits per heavy atom. The van der Waals surface area contributed by atoms with E-state index in [1.165, 1.54) is 16.8 Å². The summed E-state index contributed by atoms with van der Waals surface area (Å²) in [6.45, 7) is 4.17. The molecule has 0 aromatic heterocycles. The molecule has 76 valence electrons. The van der Waals surface area contributed by atoms with Gasteiger partial charge in [0, 0.05) is 25.2 Å². The number of benzene rings is 1. The summed E-state index contributed by atoms with van der Waals surface area (Å²) in [5.74, 6) is 0.660.